The molecule has 18 heteroatoms. The number of benzene rings is 2. The van der Waals surface area contributed by atoms with Crippen LogP contribution in [0.3, 0.4) is 0 Å². The van der Waals surface area contributed by atoms with Crippen molar-refractivity contribution in [3.05, 3.63) is 58.0 Å². The van der Waals surface area contributed by atoms with Crippen molar-refractivity contribution in [1.82, 2.24) is 15.1 Å². The number of aliphatic hydroxyl groups excluding tert-OH is 2. The molecule has 2 aromatic rings. The van der Waals surface area contributed by atoms with Gasteiger partial charge in [0.25, 0.3) is 11.7 Å². The molecule has 0 saturated carbocycles. The first-order chi connectivity index (χ1) is 33.2. The molecular weight excluding hydrogens is 901 g/mol. The SMILES string of the molecule is CO[C@H]1/C=C/O[C@@]2(C)Oc3c(C)c(O)c4c(O)c(c5c(c4c3C2=O)=NC2(CCN(CC(C)C)CC2)N=5)NC(=O)/C(C)=C\C=C\[C@H](C)[C@H](O)[C@@H](C)[C@@H](O)[C@@H](C)[C@H](OC(=O)CNCCN2CCOCC2)[C@@H]1C. The summed E-state index contributed by atoms with van der Waals surface area (Å²) in [5.74, 6) is -6.61. The summed E-state index contributed by atoms with van der Waals surface area (Å²) in [6.07, 6.45) is 4.92. The van der Waals surface area contributed by atoms with E-state index in [9.17, 15) is 34.8 Å². The molecule has 6 aliphatic rings. The van der Waals surface area contributed by atoms with Gasteiger partial charge in [0.05, 0.1) is 60.6 Å². The van der Waals surface area contributed by atoms with Gasteiger partial charge in [-0.2, -0.15) is 0 Å². The first-order valence-electron chi connectivity index (χ1n) is 24.8. The number of Topliss-reactive ketones (excluding diaryl/α,β-unsaturated/α-hetero) is 1. The predicted octanol–water partition coefficient (Wildman–Crippen LogP) is 3.65. The number of rotatable bonds is 9. The molecule has 0 radical (unpaired) electrons. The Hall–Kier alpha value is -4.95. The molecule has 0 unspecified atom stereocenters. The fourth-order valence-electron chi connectivity index (χ4n) is 10.5. The second-order valence-electron chi connectivity index (χ2n) is 20.5. The lowest BCUT2D eigenvalue weighted by Crippen LogP contribution is -2.47. The number of ketones is 1. The van der Waals surface area contributed by atoms with Crippen molar-refractivity contribution >= 4 is 34.1 Å². The van der Waals surface area contributed by atoms with Crippen LogP contribution in [0.4, 0.5) is 5.69 Å². The molecule has 6 heterocycles. The number of anilines is 1. The lowest BCUT2D eigenvalue weighted by atomic mass is 9.78. The molecule has 6 N–H and O–H groups in total. The molecule has 0 aromatic heterocycles. The van der Waals surface area contributed by atoms with E-state index in [1.807, 2.05) is 6.92 Å². The third-order valence-corrected chi connectivity index (χ3v) is 14.8. The first kappa shape index (κ1) is 52.9. The first-order valence-corrected chi connectivity index (χ1v) is 24.8. The number of fused-ring (bicyclic) bond motifs is 13. The zero-order chi connectivity index (χ0) is 50.8. The van der Waals surface area contributed by atoms with Crippen molar-refractivity contribution < 1.29 is 58.5 Å². The highest BCUT2D eigenvalue weighted by Crippen LogP contribution is 2.50. The molecule has 5 bridgehead atoms. The van der Waals surface area contributed by atoms with E-state index < -0.39 is 82.9 Å². The summed E-state index contributed by atoms with van der Waals surface area (Å²) in [5.41, 5.74) is -0.598. The second-order valence-corrected chi connectivity index (χ2v) is 20.5. The Bertz CT molecular complexity index is 2510. The smallest absolute Gasteiger partial charge is 0.320 e. The average Bonchev–Trinajstić information content (AvgIpc) is 3.84. The number of aromatic hydroxyl groups is 2. The van der Waals surface area contributed by atoms with Gasteiger partial charge in [0.1, 0.15) is 28.6 Å². The van der Waals surface area contributed by atoms with Crippen LogP contribution >= 0.6 is 0 Å². The Kier molecular flexibility index (Phi) is 16.5. The Morgan fingerprint density at radius 3 is 2.29 bits per heavy atom. The Morgan fingerprint density at radius 2 is 1.61 bits per heavy atom. The molecule has 6 aliphatic heterocycles. The van der Waals surface area contributed by atoms with E-state index in [0.29, 0.717) is 51.6 Å². The number of methoxy groups -OCH3 is 1. The number of hydrogen-bond donors (Lipinski definition) is 6. The number of hydrogen-bond acceptors (Lipinski definition) is 17. The Labute approximate surface area is 410 Å². The van der Waals surface area contributed by atoms with Crippen LogP contribution in [0.5, 0.6) is 17.2 Å². The minimum atomic E-state index is -1.98. The number of likely N-dealkylation sites (tertiary alicyclic amines) is 1. The van der Waals surface area contributed by atoms with E-state index in [2.05, 4.69) is 34.3 Å². The van der Waals surface area contributed by atoms with Crippen molar-refractivity contribution in [3.63, 3.8) is 0 Å². The highest BCUT2D eigenvalue weighted by molar-refractivity contribution is 6.19. The number of carbonyl (C=O) groups excluding carboxylic acids is 3. The average molecular weight is 975 g/mol. The van der Waals surface area contributed by atoms with Gasteiger partial charge >= 0.3 is 11.8 Å². The zero-order valence-corrected chi connectivity index (χ0v) is 42.4. The number of nitrogens with zero attached hydrogens (tertiary/aromatic N) is 4. The van der Waals surface area contributed by atoms with Crippen LogP contribution in [0.15, 0.2) is 46.1 Å². The van der Waals surface area contributed by atoms with Gasteiger partial charge in [0.15, 0.2) is 11.4 Å². The van der Waals surface area contributed by atoms with Gasteiger partial charge in [-0.3, -0.25) is 29.3 Å². The molecule has 18 nitrogen and oxygen atoms in total. The van der Waals surface area contributed by atoms with Gasteiger partial charge in [0.2, 0.25) is 0 Å². The number of nitrogens with one attached hydrogen (secondary N) is 2. The van der Waals surface area contributed by atoms with Gasteiger partial charge in [-0.1, -0.05) is 59.8 Å². The normalized spacial score (nSPS) is 31.6. The number of carbonyl (C=O) groups is 3. The number of allylic oxidation sites excluding steroid dienone is 2. The van der Waals surface area contributed by atoms with Crippen molar-refractivity contribution in [3.8, 4) is 17.2 Å². The number of morpholine rings is 1. The largest absolute Gasteiger partial charge is 0.507 e. The lowest BCUT2D eigenvalue weighted by molar-refractivity contribution is -0.162. The summed E-state index contributed by atoms with van der Waals surface area (Å²) >= 11 is 0. The maximum Gasteiger partial charge on any atom is 0.320 e. The molecule has 384 valence electrons. The second kappa shape index (κ2) is 21.8. The minimum Gasteiger partial charge on any atom is -0.507 e. The lowest BCUT2D eigenvalue weighted by Gasteiger charge is -2.38. The third-order valence-electron chi connectivity index (χ3n) is 14.8. The Morgan fingerprint density at radius 1 is 0.929 bits per heavy atom. The number of ether oxygens (including phenoxy) is 5. The molecule has 2 fully saturated rings. The molecule has 1 amide bonds. The van der Waals surface area contributed by atoms with E-state index in [1.54, 1.807) is 58.9 Å². The summed E-state index contributed by atoms with van der Waals surface area (Å²) in [7, 11) is 1.48. The molecular formula is C52H74N6O12. The van der Waals surface area contributed by atoms with E-state index in [0.717, 1.165) is 26.2 Å². The topological polar surface area (TPSA) is 234 Å². The summed E-state index contributed by atoms with van der Waals surface area (Å²) in [6, 6.07) is 0. The molecule has 2 aromatic carbocycles. The van der Waals surface area contributed by atoms with Crippen molar-refractivity contribution in [2.24, 2.45) is 39.6 Å². The quantitative estimate of drug-likeness (QED) is 0.120. The van der Waals surface area contributed by atoms with Gasteiger partial charge in [-0.25, -0.2) is 0 Å². The number of phenols is 2. The van der Waals surface area contributed by atoms with Crippen LogP contribution < -0.4 is 26.1 Å². The van der Waals surface area contributed by atoms with Gasteiger partial charge in [0, 0.05) is 113 Å². The fourth-order valence-corrected chi connectivity index (χ4v) is 10.5. The number of aliphatic hydroxyl groups is 2. The van der Waals surface area contributed by atoms with Crippen LogP contribution in [-0.4, -0.2) is 156 Å². The molecule has 70 heavy (non-hydrogen) atoms. The highest BCUT2D eigenvalue weighted by Gasteiger charge is 2.50. The van der Waals surface area contributed by atoms with E-state index in [1.165, 1.54) is 20.3 Å². The fraction of sp³-hybridized carbons (Fsp3) is 0.635. The molecule has 2 saturated heterocycles. The van der Waals surface area contributed by atoms with E-state index >= 15 is 0 Å². The molecule has 8 rings (SSSR count). The molecule has 9 atom stereocenters. The van der Waals surface area contributed by atoms with Crippen LogP contribution in [0.25, 0.3) is 10.8 Å². The summed E-state index contributed by atoms with van der Waals surface area (Å²) in [6.45, 7) is 22.5. The summed E-state index contributed by atoms with van der Waals surface area (Å²) < 4.78 is 30.1. The third kappa shape index (κ3) is 10.8. The summed E-state index contributed by atoms with van der Waals surface area (Å²) in [4.78, 5) is 57.4. The maximum absolute atomic E-state index is 14.9. The number of piperidine rings is 1. The van der Waals surface area contributed by atoms with Gasteiger partial charge in [-0.15, -0.1) is 0 Å². The number of phenolic OH excluding ortho intramolecular Hbond substituents is 2. The van der Waals surface area contributed by atoms with Crippen LogP contribution in [0.2, 0.25) is 0 Å². The minimum absolute atomic E-state index is 0.0324. The van der Waals surface area contributed by atoms with Gasteiger partial charge in [-0.05, 0) is 25.8 Å². The Balaban J connectivity index is 1.29. The van der Waals surface area contributed by atoms with Crippen LogP contribution in [0, 0.1) is 36.5 Å². The number of esters is 1. The molecule has 1 spiro atoms. The zero-order valence-electron chi connectivity index (χ0n) is 42.4. The van der Waals surface area contributed by atoms with E-state index in [4.69, 9.17) is 33.7 Å². The van der Waals surface area contributed by atoms with Gasteiger partial charge < -0.3 is 59.6 Å². The monoisotopic (exact) mass is 975 g/mol. The van der Waals surface area contributed by atoms with E-state index in [-0.39, 0.29) is 61.9 Å². The summed E-state index contributed by atoms with van der Waals surface area (Å²) in [5, 5.41) is 54.1. The maximum atomic E-state index is 14.9. The highest BCUT2D eigenvalue weighted by atomic mass is 16.7. The predicted molar refractivity (Wildman–Crippen MR) is 262 cm³/mol. The van der Waals surface area contributed by atoms with Crippen molar-refractivity contribution in [2.45, 2.75) is 111 Å². The number of amides is 1. The molecule has 0 aliphatic carbocycles. The standard InChI is InChI=1S/C52H74N6O12/c1-28(2)27-58-18-15-52(16-19-58)55-40-37-38-45(62)34(8)48-39(37)49(64)51(9,70-48)68-23-14-35(66-10)31(5)47(69-36(59)26-53-17-20-57-21-24-67-25-22-57)33(7)44(61)32(6)43(60)29(3)12-11-13-30(4)50(65)54-42(46(38)63)41(40)56-52/h11-14,23,28-29,31-33,35,43-44,47,53,60-63H,15-22,24-27H2,1-10H3,(H,54,65)/b12-11+,23-14+,30-13-/t29-,31+,32+,33+,35-,43-,44+,47+,51-/m0/s1. The van der Waals surface area contributed by atoms with Crippen LogP contribution in [0.1, 0.15) is 84.2 Å². The van der Waals surface area contributed by atoms with Crippen LogP contribution in [-0.2, 0) is 28.5 Å². The van der Waals surface area contributed by atoms with Crippen molar-refractivity contribution in [1.29, 1.82) is 0 Å². The van der Waals surface area contributed by atoms with Crippen molar-refractivity contribution in [2.75, 3.05) is 78.0 Å².